The zero-order chi connectivity index (χ0) is 14.8. The Bertz CT molecular complexity index is 683. The van der Waals surface area contributed by atoms with Gasteiger partial charge in [0.05, 0.1) is 9.79 Å². The fourth-order valence-electron chi connectivity index (χ4n) is 2.02. The van der Waals surface area contributed by atoms with E-state index in [4.69, 9.17) is 5.14 Å². The number of halogens is 1. The van der Waals surface area contributed by atoms with Crippen LogP contribution in [0.2, 0.25) is 0 Å². The lowest BCUT2D eigenvalue weighted by Crippen LogP contribution is -2.34. The summed E-state index contributed by atoms with van der Waals surface area (Å²) in [7, 11) is -7.61. The predicted octanol–water partition coefficient (Wildman–Crippen LogP) is -0.260. The third-order valence-corrected chi connectivity index (χ3v) is 5.88. The number of hydrogen-bond donors (Lipinski definition) is 2. The fourth-order valence-corrected chi connectivity index (χ4v) is 4.18. The van der Waals surface area contributed by atoms with Gasteiger partial charge in [0.2, 0.25) is 20.0 Å². The van der Waals surface area contributed by atoms with Crippen LogP contribution < -0.4 is 10.5 Å². The second-order valence-corrected chi connectivity index (χ2v) is 8.03. The molecule has 0 bridgehead atoms. The predicted molar refractivity (Wildman–Crippen MR) is 81.3 cm³/mol. The minimum atomic E-state index is -3.92. The third kappa shape index (κ3) is 4.38. The molecule has 1 aliphatic heterocycles. The largest absolute Gasteiger partial charge is 0.315 e. The van der Waals surface area contributed by atoms with Crippen LogP contribution >= 0.6 is 12.4 Å². The molecule has 120 valence electrons. The Labute approximate surface area is 131 Å². The van der Waals surface area contributed by atoms with Crippen LogP contribution in [-0.2, 0) is 20.0 Å². The second-order valence-electron chi connectivity index (χ2n) is 4.53. The van der Waals surface area contributed by atoms with Gasteiger partial charge in [-0.05, 0) is 31.2 Å². The molecule has 0 unspecified atom stereocenters. The van der Waals surface area contributed by atoms with E-state index in [2.05, 4.69) is 5.32 Å². The van der Waals surface area contributed by atoms with Crippen LogP contribution in [0.25, 0.3) is 0 Å². The van der Waals surface area contributed by atoms with Gasteiger partial charge >= 0.3 is 0 Å². The van der Waals surface area contributed by atoms with Crippen molar-refractivity contribution >= 4 is 32.5 Å². The highest BCUT2D eigenvalue weighted by Crippen LogP contribution is 2.19. The van der Waals surface area contributed by atoms with Gasteiger partial charge < -0.3 is 5.32 Å². The SMILES string of the molecule is Cl.NS(=O)(=O)c1cccc(S(=O)(=O)N2CCCNCC2)c1. The Balaban J connectivity index is 0.00000220. The molecule has 1 fully saturated rings. The van der Waals surface area contributed by atoms with E-state index in [-0.39, 0.29) is 22.2 Å². The smallest absolute Gasteiger partial charge is 0.243 e. The van der Waals surface area contributed by atoms with Crippen LogP contribution in [0.5, 0.6) is 0 Å². The monoisotopic (exact) mass is 355 g/mol. The number of primary sulfonamides is 1. The summed E-state index contributed by atoms with van der Waals surface area (Å²) < 4.78 is 48.9. The number of nitrogens with two attached hydrogens (primary N) is 1. The molecule has 0 spiro atoms. The van der Waals surface area contributed by atoms with Crippen molar-refractivity contribution < 1.29 is 16.8 Å². The number of sulfonamides is 2. The van der Waals surface area contributed by atoms with E-state index in [1.807, 2.05) is 0 Å². The summed E-state index contributed by atoms with van der Waals surface area (Å²) >= 11 is 0. The molecular weight excluding hydrogens is 338 g/mol. The highest BCUT2D eigenvalue weighted by atomic mass is 35.5. The first-order valence-corrected chi connectivity index (χ1v) is 9.14. The molecule has 0 aromatic heterocycles. The minimum Gasteiger partial charge on any atom is -0.315 e. The van der Waals surface area contributed by atoms with Crippen LogP contribution in [0.3, 0.4) is 0 Å². The van der Waals surface area contributed by atoms with E-state index in [1.54, 1.807) is 0 Å². The first kappa shape index (κ1) is 18.3. The summed E-state index contributed by atoms with van der Waals surface area (Å²) in [5.74, 6) is 0. The molecule has 0 radical (unpaired) electrons. The quantitative estimate of drug-likeness (QED) is 0.776. The van der Waals surface area contributed by atoms with Gasteiger partial charge in [-0.1, -0.05) is 6.07 Å². The topological polar surface area (TPSA) is 110 Å². The first-order chi connectivity index (χ1) is 9.32. The Morgan fingerprint density at radius 3 is 2.38 bits per heavy atom. The molecule has 1 aromatic carbocycles. The average molecular weight is 356 g/mol. The van der Waals surface area contributed by atoms with Gasteiger partial charge in [0, 0.05) is 19.6 Å². The molecule has 0 saturated carbocycles. The van der Waals surface area contributed by atoms with Gasteiger partial charge in [0.1, 0.15) is 0 Å². The van der Waals surface area contributed by atoms with Crippen LogP contribution in [0.4, 0.5) is 0 Å². The van der Waals surface area contributed by atoms with Crippen LogP contribution in [0.15, 0.2) is 34.1 Å². The van der Waals surface area contributed by atoms with E-state index >= 15 is 0 Å². The van der Waals surface area contributed by atoms with Gasteiger partial charge in [-0.3, -0.25) is 0 Å². The van der Waals surface area contributed by atoms with Crippen molar-refractivity contribution in [2.45, 2.75) is 16.2 Å². The molecule has 0 aliphatic carbocycles. The molecule has 1 saturated heterocycles. The number of nitrogens with zero attached hydrogens (tertiary/aromatic N) is 1. The third-order valence-electron chi connectivity index (χ3n) is 3.07. The maximum atomic E-state index is 12.5. The van der Waals surface area contributed by atoms with Gasteiger partial charge in [-0.15, -0.1) is 12.4 Å². The lowest BCUT2D eigenvalue weighted by molar-refractivity contribution is 0.432. The molecule has 0 amide bonds. The van der Waals surface area contributed by atoms with Crippen molar-refractivity contribution in [3.05, 3.63) is 24.3 Å². The van der Waals surface area contributed by atoms with E-state index < -0.39 is 20.0 Å². The van der Waals surface area contributed by atoms with E-state index in [1.165, 1.54) is 22.5 Å². The summed E-state index contributed by atoms with van der Waals surface area (Å²) in [4.78, 5) is -0.252. The van der Waals surface area contributed by atoms with Gasteiger partial charge in [0.25, 0.3) is 0 Å². The van der Waals surface area contributed by atoms with Crippen LogP contribution in [0, 0.1) is 0 Å². The van der Waals surface area contributed by atoms with Crippen LogP contribution in [0.1, 0.15) is 6.42 Å². The molecule has 1 aromatic rings. The van der Waals surface area contributed by atoms with Crippen molar-refractivity contribution in [3.8, 4) is 0 Å². The van der Waals surface area contributed by atoms with Crippen molar-refractivity contribution in [1.82, 2.24) is 9.62 Å². The van der Waals surface area contributed by atoms with Crippen molar-refractivity contribution in [3.63, 3.8) is 0 Å². The molecule has 10 heteroatoms. The summed E-state index contributed by atoms with van der Waals surface area (Å²) in [5.41, 5.74) is 0. The Morgan fingerprint density at radius 2 is 1.71 bits per heavy atom. The Morgan fingerprint density at radius 1 is 1.05 bits per heavy atom. The number of rotatable bonds is 3. The summed E-state index contributed by atoms with van der Waals surface area (Å²) in [5, 5.41) is 8.14. The summed E-state index contributed by atoms with van der Waals surface area (Å²) in [6.45, 7) is 2.12. The van der Waals surface area contributed by atoms with Gasteiger partial charge in [-0.25, -0.2) is 22.0 Å². The molecule has 0 atom stereocenters. The lowest BCUT2D eigenvalue weighted by Gasteiger charge is -2.19. The highest BCUT2D eigenvalue weighted by Gasteiger charge is 2.26. The van der Waals surface area contributed by atoms with E-state index in [9.17, 15) is 16.8 Å². The van der Waals surface area contributed by atoms with Crippen LogP contribution in [-0.4, -0.2) is 47.3 Å². The minimum absolute atomic E-state index is 0. The molecule has 7 nitrogen and oxygen atoms in total. The number of nitrogens with one attached hydrogen (secondary N) is 1. The summed E-state index contributed by atoms with van der Waals surface area (Å²) in [6, 6.07) is 5.13. The van der Waals surface area contributed by atoms with Crippen molar-refractivity contribution in [2.24, 2.45) is 5.14 Å². The first-order valence-electron chi connectivity index (χ1n) is 6.15. The average Bonchev–Trinajstić information content (AvgIpc) is 2.67. The molecule has 1 heterocycles. The molecule has 1 aliphatic rings. The normalized spacial score (nSPS) is 17.8. The fraction of sp³-hybridized carbons (Fsp3) is 0.455. The molecular formula is C11H18ClN3O4S2. The zero-order valence-corrected chi connectivity index (χ0v) is 13.7. The maximum Gasteiger partial charge on any atom is 0.243 e. The molecule has 21 heavy (non-hydrogen) atoms. The van der Waals surface area contributed by atoms with Gasteiger partial charge in [0.15, 0.2) is 0 Å². The summed E-state index contributed by atoms with van der Waals surface area (Å²) in [6.07, 6.45) is 0.716. The standard InChI is InChI=1S/C11H17N3O4S2.ClH/c12-19(15,16)10-3-1-4-11(9-10)20(17,18)14-7-2-5-13-6-8-14;/h1,3-4,9,13H,2,5-8H2,(H2,12,15,16);1H. The maximum absolute atomic E-state index is 12.5. The highest BCUT2D eigenvalue weighted by molar-refractivity contribution is 7.90. The van der Waals surface area contributed by atoms with E-state index in [0.717, 1.165) is 12.6 Å². The number of benzene rings is 1. The Kier molecular flexibility index (Phi) is 6.14. The van der Waals surface area contributed by atoms with Crippen molar-refractivity contribution in [2.75, 3.05) is 26.2 Å². The van der Waals surface area contributed by atoms with E-state index in [0.29, 0.717) is 26.1 Å². The Hall–Kier alpha value is -0.710. The molecule has 3 N–H and O–H groups in total. The second kappa shape index (κ2) is 7.03. The zero-order valence-electron chi connectivity index (χ0n) is 11.2. The van der Waals surface area contributed by atoms with Gasteiger partial charge in [-0.2, -0.15) is 4.31 Å². The lowest BCUT2D eigenvalue weighted by atomic mass is 10.4. The molecule has 2 rings (SSSR count). The number of hydrogen-bond acceptors (Lipinski definition) is 5. The van der Waals surface area contributed by atoms with Crippen molar-refractivity contribution in [1.29, 1.82) is 0 Å².